The Morgan fingerprint density at radius 2 is 1.65 bits per heavy atom. The lowest BCUT2D eigenvalue weighted by Gasteiger charge is -2.35. The maximum atomic E-state index is 12.0. The van der Waals surface area contributed by atoms with Crippen LogP contribution in [0.3, 0.4) is 0 Å². The number of rotatable bonds is 3. The Morgan fingerprint density at radius 1 is 1.06 bits per heavy atom. The molecule has 0 aromatic carbocycles. The summed E-state index contributed by atoms with van der Waals surface area (Å²) in [5, 5.41) is 3.50. The fourth-order valence-corrected chi connectivity index (χ4v) is 3.05. The Labute approximate surface area is 105 Å². The molecule has 1 aliphatic heterocycles. The first-order valence-corrected chi connectivity index (χ1v) is 7.22. The lowest BCUT2D eigenvalue weighted by atomic mass is 9.83. The molecule has 0 unspecified atom stereocenters. The zero-order chi connectivity index (χ0) is 12.1. The molecule has 2 rings (SSSR count). The van der Waals surface area contributed by atoms with Crippen molar-refractivity contribution in [3.63, 3.8) is 0 Å². The van der Waals surface area contributed by atoms with E-state index < -0.39 is 0 Å². The maximum Gasteiger partial charge on any atom is 0.236 e. The third kappa shape index (κ3) is 3.70. The first-order chi connectivity index (χ1) is 8.20. The van der Waals surface area contributed by atoms with Crippen LogP contribution in [0.15, 0.2) is 0 Å². The minimum absolute atomic E-state index is 0.212. The van der Waals surface area contributed by atoms with Gasteiger partial charge in [-0.2, -0.15) is 0 Å². The van der Waals surface area contributed by atoms with Gasteiger partial charge >= 0.3 is 0 Å². The lowest BCUT2D eigenvalue weighted by Crippen LogP contribution is -2.49. The second kappa shape index (κ2) is 5.85. The minimum Gasteiger partial charge on any atom is -0.342 e. The van der Waals surface area contributed by atoms with Crippen LogP contribution in [0.1, 0.15) is 58.3 Å². The lowest BCUT2D eigenvalue weighted by molar-refractivity contribution is -0.131. The fraction of sp³-hybridized carbons (Fsp3) is 0.929. The Bertz CT molecular complexity index is 253. The summed E-state index contributed by atoms with van der Waals surface area (Å²) in [5.41, 5.74) is 0.212. The molecular formula is C14H26N2O. The molecular weight excluding hydrogens is 212 g/mol. The molecule has 1 aliphatic carbocycles. The Kier molecular flexibility index (Phi) is 4.43. The molecule has 1 N–H and O–H groups in total. The van der Waals surface area contributed by atoms with Crippen LogP contribution in [0, 0.1) is 0 Å². The summed E-state index contributed by atoms with van der Waals surface area (Å²) in [6, 6.07) is 0. The molecule has 1 amide bonds. The summed E-state index contributed by atoms with van der Waals surface area (Å²) < 4.78 is 0. The number of amides is 1. The van der Waals surface area contributed by atoms with Gasteiger partial charge in [-0.05, 0) is 39.0 Å². The number of nitrogens with one attached hydrogen (secondary N) is 1. The van der Waals surface area contributed by atoms with E-state index in [9.17, 15) is 4.79 Å². The number of likely N-dealkylation sites (tertiary alicyclic amines) is 1. The summed E-state index contributed by atoms with van der Waals surface area (Å²) in [4.78, 5) is 14.1. The third-order valence-corrected chi connectivity index (χ3v) is 4.33. The molecule has 17 heavy (non-hydrogen) atoms. The summed E-state index contributed by atoms with van der Waals surface area (Å²) in [6.07, 6.45) is 10.1. The van der Waals surface area contributed by atoms with Crippen LogP contribution in [-0.2, 0) is 4.79 Å². The first kappa shape index (κ1) is 12.9. The zero-order valence-corrected chi connectivity index (χ0v) is 11.1. The van der Waals surface area contributed by atoms with Crippen molar-refractivity contribution in [2.75, 3.05) is 19.6 Å². The highest BCUT2D eigenvalue weighted by atomic mass is 16.2. The van der Waals surface area contributed by atoms with E-state index in [0.717, 1.165) is 13.1 Å². The van der Waals surface area contributed by atoms with Gasteiger partial charge in [0.25, 0.3) is 0 Å². The summed E-state index contributed by atoms with van der Waals surface area (Å²) in [6.45, 7) is 4.75. The molecule has 1 heterocycles. The fourth-order valence-electron chi connectivity index (χ4n) is 3.05. The molecule has 0 aromatic rings. The van der Waals surface area contributed by atoms with Crippen molar-refractivity contribution in [3.05, 3.63) is 0 Å². The molecule has 2 aliphatic rings. The number of hydrogen-bond donors (Lipinski definition) is 1. The average Bonchev–Trinajstić information content (AvgIpc) is 2.38. The molecule has 3 heteroatoms. The summed E-state index contributed by atoms with van der Waals surface area (Å²) >= 11 is 0. The number of hydrogen-bond acceptors (Lipinski definition) is 2. The molecule has 98 valence electrons. The first-order valence-electron chi connectivity index (χ1n) is 7.22. The number of carbonyl (C=O) groups is 1. The van der Waals surface area contributed by atoms with Crippen molar-refractivity contribution in [1.82, 2.24) is 10.2 Å². The van der Waals surface area contributed by atoms with Crippen molar-refractivity contribution >= 4 is 5.91 Å². The molecule has 0 spiro atoms. The van der Waals surface area contributed by atoms with Crippen LogP contribution in [-0.4, -0.2) is 36.0 Å². The van der Waals surface area contributed by atoms with Gasteiger partial charge in [-0.25, -0.2) is 0 Å². The normalized spacial score (nSPS) is 24.6. The van der Waals surface area contributed by atoms with Gasteiger partial charge in [0.1, 0.15) is 0 Å². The van der Waals surface area contributed by atoms with Crippen LogP contribution in [0.4, 0.5) is 0 Å². The predicted molar refractivity (Wildman–Crippen MR) is 69.9 cm³/mol. The van der Waals surface area contributed by atoms with E-state index in [-0.39, 0.29) is 5.54 Å². The van der Waals surface area contributed by atoms with Gasteiger partial charge in [0, 0.05) is 18.6 Å². The van der Waals surface area contributed by atoms with E-state index >= 15 is 0 Å². The van der Waals surface area contributed by atoms with Gasteiger partial charge in [-0.15, -0.1) is 0 Å². The Hall–Kier alpha value is -0.570. The smallest absolute Gasteiger partial charge is 0.236 e. The van der Waals surface area contributed by atoms with Crippen molar-refractivity contribution in [1.29, 1.82) is 0 Å². The molecule has 0 aromatic heterocycles. The van der Waals surface area contributed by atoms with Crippen molar-refractivity contribution < 1.29 is 4.79 Å². The van der Waals surface area contributed by atoms with E-state index in [1.54, 1.807) is 0 Å². The van der Waals surface area contributed by atoms with Crippen molar-refractivity contribution in [2.45, 2.75) is 63.8 Å². The van der Waals surface area contributed by atoms with Crippen LogP contribution in [0.5, 0.6) is 0 Å². The largest absolute Gasteiger partial charge is 0.342 e. The van der Waals surface area contributed by atoms with Crippen LogP contribution >= 0.6 is 0 Å². The van der Waals surface area contributed by atoms with E-state index in [0.29, 0.717) is 12.5 Å². The maximum absolute atomic E-state index is 12.0. The van der Waals surface area contributed by atoms with Crippen LogP contribution in [0.25, 0.3) is 0 Å². The zero-order valence-electron chi connectivity index (χ0n) is 11.1. The monoisotopic (exact) mass is 238 g/mol. The highest BCUT2D eigenvalue weighted by Gasteiger charge is 2.27. The number of piperidine rings is 1. The molecule has 2 fully saturated rings. The number of nitrogens with zero attached hydrogens (tertiary/aromatic N) is 1. The van der Waals surface area contributed by atoms with E-state index in [4.69, 9.17) is 0 Å². The molecule has 0 bridgehead atoms. The van der Waals surface area contributed by atoms with Crippen molar-refractivity contribution in [3.8, 4) is 0 Å². The summed E-state index contributed by atoms with van der Waals surface area (Å²) in [5.74, 6) is 0.302. The average molecular weight is 238 g/mol. The van der Waals surface area contributed by atoms with E-state index in [1.165, 1.54) is 51.4 Å². The van der Waals surface area contributed by atoms with Crippen molar-refractivity contribution in [2.24, 2.45) is 0 Å². The molecule has 1 saturated carbocycles. The van der Waals surface area contributed by atoms with Gasteiger partial charge < -0.3 is 10.2 Å². The topological polar surface area (TPSA) is 32.3 Å². The van der Waals surface area contributed by atoms with Gasteiger partial charge in [0.2, 0.25) is 5.91 Å². The SMILES string of the molecule is CC1(NCC(=O)N2CCCCC2)CCCCC1. The third-order valence-electron chi connectivity index (χ3n) is 4.33. The quantitative estimate of drug-likeness (QED) is 0.818. The molecule has 3 nitrogen and oxygen atoms in total. The highest BCUT2D eigenvalue weighted by Crippen LogP contribution is 2.27. The standard InChI is InChI=1S/C14H26N2O/c1-14(8-4-2-5-9-14)15-12-13(17)16-10-6-3-7-11-16/h15H,2-12H2,1H3. The molecule has 0 atom stereocenters. The van der Waals surface area contributed by atoms with Gasteiger partial charge in [-0.1, -0.05) is 19.3 Å². The van der Waals surface area contributed by atoms with E-state index in [2.05, 4.69) is 12.2 Å². The predicted octanol–water partition coefficient (Wildman–Crippen LogP) is 2.31. The van der Waals surface area contributed by atoms with Crippen LogP contribution in [0.2, 0.25) is 0 Å². The van der Waals surface area contributed by atoms with Gasteiger partial charge in [0.05, 0.1) is 6.54 Å². The second-order valence-corrected chi connectivity index (χ2v) is 5.92. The summed E-state index contributed by atoms with van der Waals surface area (Å²) in [7, 11) is 0. The molecule has 0 radical (unpaired) electrons. The minimum atomic E-state index is 0.212. The van der Waals surface area contributed by atoms with Gasteiger partial charge in [-0.3, -0.25) is 4.79 Å². The Morgan fingerprint density at radius 3 is 2.29 bits per heavy atom. The van der Waals surface area contributed by atoms with Crippen LogP contribution < -0.4 is 5.32 Å². The van der Waals surface area contributed by atoms with E-state index in [1.807, 2.05) is 4.90 Å². The van der Waals surface area contributed by atoms with Gasteiger partial charge in [0.15, 0.2) is 0 Å². The number of carbonyl (C=O) groups excluding carboxylic acids is 1. The molecule has 1 saturated heterocycles. The second-order valence-electron chi connectivity index (χ2n) is 5.92. The Balaban J connectivity index is 1.74. The highest BCUT2D eigenvalue weighted by molar-refractivity contribution is 5.78.